The van der Waals surface area contributed by atoms with E-state index in [9.17, 15) is 4.79 Å². The summed E-state index contributed by atoms with van der Waals surface area (Å²) in [5.74, 6) is 1.15. The Hall–Kier alpha value is -2.18. The Morgan fingerprint density at radius 2 is 2.08 bits per heavy atom. The second-order valence-corrected chi connectivity index (χ2v) is 7.39. The molecule has 0 radical (unpaired) electrons. The minimum Gasteiger partial charge on any atom is -0.349 e. The molecule has 1 saturated heterocycles. The molecule has 3 aromatic rings. The quantitative estimate of drug-likeness (QED) is 0.783. The molecular formula is C19H22N4OS. The molecule has 6 heteroatoms. The van der Waals surface area contributed by atoms with Gasteiger partial charge in [0.05, 0.1) is 17.6 Å². The molecule has 1 aliphatic heterocycles. The van der Waals surface area contributed by atoms with Gasteiger partial charge < -0.3 is 9.88 Å². The molecule has 0 saturated carbocycles. The van der Waals surface area contributed by atoms with Crippen LogP contribution in [0.5, 0.6) is 0 Å². The fourth-order valence-electron chi connectivity index (χ4n) is 3.43. The number of carbonyl (C=O) groups excluding carboxylic acids is 1. The van der Waals surface area contributed by atoms with Gasteiger partial charge in [-0.2, -0.15) is 11.3 Å². The molecule has 0 bridgehead atoms. The summed E-state index contributed by atoms with van der Waals surface area (Å²) in [5, 5.41) is 7.00. The van der Waals surface area contributed by atoms with E-state index >= 15 is 0 Å². The number of hydrogen-bond donors (Lipinski definition) is 1. The predicted octanol–water partition coefficient (Wildman–Crippen LogP) is 3.03. The molecule has 1 fully saturated rings. The van der Waals surface area contributed by atoms with Crippen LogP contribution in [0.1, 0.15) is 29.0 Å². The number of amides is 1. The standard InChI is InChI=1S/C19H22N4OS/c1-22-17-5-3-2-4-16(17)21-18(22)12-23-9-6-15(7-10-23)20-19(24)14-8-11-25-13-14/h2-5,8,11,13,15H,6-7,9-10,12H2,1H3,(H,20,24). The van der Waals surface area contributed by atoms with E-state index in [0.717, 1.165) is 49.4 Å². The highest BCUT2D eigenvalue weighted by atomic mass is 32.1. The topological polar surface area (TPSA) is 50.2 Å². The number of thiophene rings is 1. The fraction of sp³-hybridized carbons (Fsp3) is 0.368. The van der Waals surface area contributed by atoms with Gasteiger partial charge in [-0.25, -0.2) is 4.98 Å². The molecule has 1 amide bonds. The number of para-hydroxylation sites is 2. The summed E-state index contributed by atoms with van der Waals surface area (Å²) in [5.41, 5.74) is 3.00. The fourth-order valence-corrected chi connectivity index (χ4v) is 4.07. The lowest BCUT2D eigenvalue weighted by Crippen LogP contribution is -2.44. The monoisotopic (exact) mass is 354 g/mol. The first-order chi connectivity index (χ1) is 12.2. The molecule has 3 heterocycles. The molecule has 4 rings (SSSR count). The highest BCUT2D eigenvalue weighted by Crippen LogP contribution is 2.18. The summed E-state index contributed by atoms with van der Waals surface area (Å²) in [4.78, 5) is 19.3. The number of aryl methyl sites for hydroxylation is 1. The van der Waals surface area contributed by atoms with E-state index < -0.39 is 0 Å². The van der Waals surface area contributed by atoms with E-state index in [-0.39, 0.29) is 11.9 Å². The highest BCUT2D eigenvalue weighted by molar-refractivity contribution is 7.08. The minimum absolute atomic E-state index is 0.0510. The molecule has 1 aliphatic rings. The second-order valence-electron chi connectivity index (χ2n) is 6.61. The van der Waals surface area contributed by atoms with E-state index in [0.29, 0.717) is 0 Å². The van der Waals surface area contributed by atoms with Crippen LogP contribution in [-0.4, -0.2) is 39.5 Å². The summed E-state index contributed by atoms with van der Waals surface area (Å²) in [6, 6.07) is 10.4. The number of rotatable bonds is 4. The maximum absolute atomic E-state index is 12.2. The van der Waals surface area contributed by atoms with E-state index in [1.165, 1.54) is 5.52 Å². The van der Waals surface area contributed by atoms with Crippen LogP contribution in [0.4, 0.5) is 0 Å². The Balaban J connectivity index is 1.34. The Morgan fingerprint density at radius 1 is 1.28 bits per heavy atom. The Labute approximate surface area is 151 Å². The Bertz CT molecular complexity index is 863. The van der Waals surface area contributed by atoms with Crippen molar-refractivity contribution in [3.63, 3.8) is 0 Å². The Morgan fingerprint density at radius 3 is 2.80 bits per heavy atom. The summed E-state index contributed by atoms with van der Waals surface area (Å²) < 4.78 is 2.18. The molecule has 25 heavy (non-hydrogen) atoms. The van der Waals surface area contributed by atoms with Crippen molar-refractivity contribution < 1.29 is 4.79 Å². The SMILES string of the molecule is Cn1c(CN2CCC(NC(=O)c3ccsc3)CC2)nc2ccccc21. The van der Waals surface area contributed by atoms with E-state index in [2.05, 4.69) is 40.0 Å². The number of carbonyl (C=O) groups is 1. The number of likely N-dealkylation sites (tertiary alicyclic amines) is 1. The second kappa shape index (κ2) is 6.98. The average Bonchev–Trinajstić information content (AvgIpc) is 3.26. The number of aromatic nitrogens is 2. The van der Waals surface area contributed by atoms with Crippen molar-refractivity contribution in [1.29, 1.82) is 0 Å². The van der Waals surface area contributed by atoms with Gasteiger partial charge in [-0.1, -0.05) is 12.1 Å². The highest BCUT2D eigenvalue weighted by Gasteiger charge is 2.22. The predicted molar refractivity (Wildman–Crippen MR) is 101 cm³/mol. The lowest BCUT2D eigenvalue weighted by Gasteiger charge is -2.32. The van der Waals surface area contributed by atoms with Crippen molar-refractivity contribution in [2.45, 2.75) is 25.4 Å². The van der Waals surface area contributed by atoms with Gasteiger partial charge in [-0.05, 0) is 36.4 Å². The van der Waals surface area contributed by atoms with Crippen LogP contribution < -0.4 is 5.32 Å². The molecule has 0 unspecified atom stereocenters. The zero-order valence-corrected chi connectivity index (χ0v) is 15.1. The number of hydrogen-bond acceptors (Lipinski definition) is 4. The van der Waals surface area contributed by atoms with Crippen molar-refractivity contribution in [3.8, 4) is 0 Å². The van der Waals surface area contributed by atoms with Crippen LogP contribution in [0.15, 0.2) is 41.1 Å². The minimum atomic E-state index is 0.0510. The number of imidazole rings is 1. The van der Waals surface area contributed by atoms with Crippen molar-refractivity contribution in [1.82, 2.24) is 19.8 Å². The van der Waals surface area contributed by atoms with Gasteiger partial charge in [0, 0.05) is 37.1 Å². The van der Waals surface area contributed by atoms with Gasteiger partial charge in [-0.3, -0.25) is 9.69 Å². The first-order valence-corrected chi connectivity index (χ1v) is 9.61. The lowest BCUT2D eigenvalue weighted by atomic mass is 10.0. The maximum atomic E-state index is 12.2. The van der Waals surface area contributed by atoms with Crippen LogP contribution >= 0.6 is 11.3 Å². The van der Waals surface area contributed by atoms with E-state index in [1.807, 2.05) is 22.9 Å². The summed E-state index contributed by atoms with van der Waals surface area (Å²) >= 11 is 1.56. The lowest BCUT2D eigenvalue weighted by molar-refractivity contribution is 0.0908. The molecule has 130 valence electrons. The molecule has 5 nitrogen and oxygen atoms in total. The van der Waals surface area contributed by atoms with Crippen molar-refractivity contribution in [2.75, 3.05) is 13.1 Å². The molecule has 0 spiro atoms. The largest absolute Gasteiger partial charge is 0.349 e. The van der Waals surface area contributed by atoms with Gasteiger partial charge in [0.1, 0.15) is 5.82 Å². The normalized spacial score (nSPS) is 16.4. The first kappa shape index (κ1) is 16.3. The summed E-state index contributed by atoms with van der Waals surface area (Å²) in [7, 11) is 2.08. The van der Waals surface area contributed by atoms with Crippen molar-refractivity contribution in [3.05, 3.63) is 52.5 Å². The van der Waals surface area contributed by atoms with Crippen LogP contribution in [0.3, 0.4) is 0 Å². The van der Waals surface area contributed by atoms with Crippen LogP contribution in [-0.2, 0) is 13.6 Å². The van der Waals surface area contributed by atoms with E-state index in [1.54, 1.807) is 11.3 Å². The number of benzene rings is 1. The van der Waals surface area contributed by atoms with Gasteiger partial charge in [-0.15, -0.1) is 0 Å². The van der Waals surface area contributed by atoms with Gasteiger partial charge in [0.2, 0.25) is 0 Å². The zero-order valence-electron chi connectivity index (χ0n) is 14.3. The molecule has 2 aromatic heterocycles. The molecule has 0 aliphatic carbocycles. The first-order valence-electron chi connectivity index (χ1n) is 8.66. The van der Waals surface area contributed by atoms with Gasteiger partial charge in [0.15, 0.2) is 0 Å². The maximum Gasteiger partial charge on any atom is 0.252 e. The van der Waals surface area contributed by atoms with Crippen molar-refractivity contribution >= 4 is 28.3 Å². The third-order valence-electron chi connectivity index (χ3n) is 4.95. The number of nitrogens with zero attached hydrogens (tertiary/aromatic N) is 3. The van der Waals surface area contributed by atoms with Crippen LogP contribution in [0, 0.1) is 0 Å². The zero-order chi connectivity index (χ0) is 17.2. The number of nitrogens with one attached hydrogen (secondary N) is 1. The molecule has 1 N–H and O–H groups in total. The molecule has 0 atom stereocenters. The van der Waals surface area contributed by atoms with Gasteiger partial charge in [0.25, 0.3) is 5.91 Å². The summed E-state index contributed by atoms with van der Waals surface area (Å²) in [6.45, 7) is 2.83. The third-order valence-corrected chi connectivity index (χ3v) is 5.63. The van der Waals surface area contributed by atoms with Crippen molar-refractivity contribution in [2.24, 2.45) is 7.05 Å². The Kier molecular flexibility index (Phi) is 4.55. The summed E-state index contributed by atoms with van der Waals surface area (Å²) in [6.07, 6.45) is 1.97. The van der Waals surface area contributed by atoms with E-state index in [4.69, 9.17) is 4.98 Å². The smallest absolute Gasteiger partial charge is 0.252 e. The number of fused-ring (bicyclic) bond motifs is 1. The molecule has 1 aromatic carbocycles. The molecular weight excluding hydrogens is 332 g/mol. The average molecular weight is 354 g/mol. The van der Waals surface area contributed by atoms with Crippen LogP contribution in [0.2, 0.25) is 0 Å². The van der Waals surface area contributed by atoms with Crippen LogP contribution in [0.25, 0.3) is 11.0 Å². The third kappa shape index (κ3) is 3.45. The number of piperidine rings is 1. The van der Waals surface area contributed by atoms with Gasteiger partial charge >= 0.3 is 0 Å².